The van der Waals surface area contributed by atoms with Crippen molar-refractivity contribution in [1.82, 2.24) is 9.97 Å². The molecule has 1 heterocycles. The molecule has 0 aliphatic rings. The predicted octanol–water partition coefficient (Wildman–Crippen LogP) is 1.97. The molecular weight excluding hydrogens is 192 g/mol. The number of ether oxygens (including phenoxy) is 1. The minimum atomic E-state index is -0.328. The van der Waals surface area contributed by atoms with Crippen molar-refractivity contribution < 1.29 is 9.53 Å². The summed E-state index contributed by atoms with van der Waals surface area (Å²) in [5, 5.41) is 0. The second kappa shape index (κ2) is 4.87. The van der Waals surface area contributed by atoms with E-state index in [-0.39, 0.29) is 12.1 Å². The van der Waals surface area contributed by atoms with Crippen molar-refractivity contribution in [3.63, 3.8) is 0 Å². The highest BCUT2D eigenvalue weighted by Gasteiger charge is 2.15. The lowest BCUT2D eigenvalue weighted by atomic mass is 10.1. The molecule has 0 spiro atoms. The Morgan fingerprint density at radius 1 is 1.60 bits per heavy atom. The Bertz CT molecular complexity index is 364. The third-order valence-electron chi connectivity index (χ3n) is 2.06. The summed E-state index contributed by atoms with van der Waals surface area (Å²) in [7, 11) is 0. The quantitative estimate of drug-likeness (QED) is 0.712. The molecule has 0 saturated heterocycles. The molecule has 0 saturated carbocycles. The minimum absolute atomic E-state index is 0.299. The van der Waals surface area contributed by atoms with Gasteiger partial charge in [0.1, 0.15) is 11.8 Å². The zero-order chi connectivity index (χ0) is 11.4. The molecule has 0 aromatic carbocycles. The van der Waals surface area contributed by atoms with E-state index in [1.165, 1.54) is 6.92 Å². The SMILES string of the molecule is CCc1nc(C)cnc1C(C)OC(C)=O. The highest BCUT2D eigenvalue weighted by Crippen LogP contribution is 2.18. The lowest BCUT2D eigenvalue weighted by Gasteiger charge is -2.14. The summed E-state index contributed by atoms with van der Waals surface area (Å²) in [4.78, 5) is 19.5. The van der Waals surface area contributed by atoms with Gasteiger partial charge in [0.2, 0.25) is 0 Å². The van der Waals surface area contributed by atoms with E-state index >= 15 is 0 Å². The van der Waals surface area contributed by atoms with Gasteiger partial charge in [0.15, 0.2) is 0 Å². The van der Waals surface area contributed by atoms with Crippen molar-refractivity contribution in [1.29, 1.82) is 0 Å². The van der Waals surface area contributed by atoms with E-state index in [4.69, 9.17) is 4.74 Å². The van der Waals surface area contributed by atoms with Crippen LogP contribution in [0.25, 0.3) is 0 Å². The molecule has 0 fully saturated rings. The standard InChI is InChI=1S/C11H16N2O2/c1-5-10-11(8(3)15-9(4)14)12-6-7(2)13-10/h6,8H,5H2,1-4H3. The molecule has 15 heavy (non-hydrogen) atoms. The van der Waals surface area contributed by atoms with Crippen LogP contribution < -0.4 is 0 Å². The summed E-state index contributed by atoms with van der Waals surface area (Å²) in [6, 6.07) is 0. The third kappa shape index (κ3) is 3.01. The lowest BCUT2D eigenvalue weighted by Crippen LogP contribution is -2.11. The van der Waals surface area contributed by atoms with Crippen LogP contribution >= 0.6 is 0 Å². The molecule has 4 nitrogen and oxygen atoms in total. The molecule has 0 amide bonds. The summed E-state index contributed by atoms with van der Waals surface area (Å²) in [5.41, 5.74) is 2.52. The van der Waals surface area contributed by atoms with Crippen LogP contribution in [0.3, 0.4) is 0 Å². The monoisotopic (exact) mass is 208 g/mol. The van der Waals surface area contributed by atoms with Gasteiger partial charge in [-0.2, -0.15) is 0 Å². The average molecular weight is 208 g/mol. The van der Waals surface area contributed by atoms with E-state index in [2.05, 4.69) is 9.97 Å². The van der Waals surface area contributed by atoms with Gasteiger partial charge in [-0.3, -0.25) is 14.8 Å². The third-order valence-corrected chi connectivity index (χ3v) is 2.06. The maximum Gasteiger partial charge on any atom is 0.303 e. The Hall–Kier alpha value is -1.45. The van der Waals surface area contributed by atoms with Crippen LogP contribution in [0, 0.1) is 6.92 Å². The summed E-state index contributed by atoms with van der Waals surface area (Å²) >= 11 is 0. The minimum Gasteiger partial charge on any atom is -0.456 e. The van der Waals surface area contributed by atoms with Crippen LogP contribution in [0.2, 0.25) is 0 Å². The molecular formula is C11H16N2O2. The first-order valence-corrected chi connectivity index (χ1v) is 5.04. The van der Waals surface area contributed by atoms with Crippen molar-refractivity contribution in [2.75, 3.05) is 0 Å². The fourth-order valence-electron chi connectivity index (χ4n) is 1.44. The highest BCUT2D eigenvalue weighted by atomic mass is 16.5. The highest BCUT2D eigenvalue weighted by molar-refractivity contribution is 5.66. The molecule has 0 aliphatic carbocycles. The first kappa shape index (κ1) is 11.6. The van der Waals surface area contributed by atoms with Crippen LogP contribution in [-0.4, -0.2) is 15.9 Å². The maximum absolute atomic E-state index is 10.8. The van der Waals surface area contributed by atoms with E-state index in [9.17, 15) is 4.79 Å². The van der Waals surface area contributed by atoms with Gasteiger partial charge in [-0.25, -0.2) is 0 Å². The van der Waals surface area contributed by atoms with Gasteiger partial charge in [-0.05, 0) is 20.3 Å². The fraction of sp³-hybridized carbons (Fsp3) is 0.545. The van der Waals surface area contributed by atoms with Gasteiger partial charge in [-0.15, -0.1) is 0 Å². The topological polar surface area (TPSA) is 52.1 Å². The molecule has 82 valence electrons. The zero-order valence-corrected chi connectivity index (χ0v) is 9.57. The number of carbonyl (C=O) groups is 1. The van der Waals surface area contributed by atoms with Gasteiger partial charge >= 0.3 is 5.97 Å². The molecule has 0 N–H and O–H groups in total. The molecule has 4 heteroatoms. The van der Waals surface area contributed by atoms with Gasteiger partial charge in [0, 0.05) is 13.1 Å². The van der Waals surface area contributed by atoms with Crippen LogP contribution in [0.1, 0.15) is 44.0 Å². The number of nitrogens with zero attached hydrogens (tertiary/aromatic N) is 2. The first-order valence-electron chi connectivity index (χ1n) is 5.04. The molecule has 1 aromatic heterocycles. The van der Waals surface area contributed by atoms with Crippen LogP contribution in [0.15, 0.2) is 6.20 Å². The van der Waals surface area contributed by atoms with Crippen LogP contribution in [0.5, 0.6) is 0 Å². The number of hydrogen-bond acceptors (Lipinski definition) is 4. The van der Waals surface area contributed by atoms with Crippen molar-refractivity contribution in [3.05, 3.63) is 23.3 Å². The van der Waals surface area contributed by atoms with E-state index in [1.807, 2.05) is 13.8 Å². The summed E-state index contributed by atoms with van der Waals surface area (Å²) in [5.74, 6) is -0.299. The number of aromatic nitrogens is 2. The lowest BCUT2D eigenvalue weighted by molar-refractivity contribution is -0.146. The van der Waals surface area contributed by atoms with E-state index in [1.54, 1.807) is 13.1 Å². The molecule has 0 bridgehead atoms. The molecule has 0 radical (unpaired) electrons. The van der Waals surface area contributed by atoms with Crippen molar-refractivity contribution >= 4 is 5.97 Å². The number of carbonyl (C=O) groups excluding carboxylic acids is 1. The average Bonchev–Trinajstić information content (AvgIpc) is 2.16. The normalized spacial score (nSPS) is 12.3. The summed E-state index contributed by atoms with van der Waals surface area (Å²) < 4.78 is 5.08. The zero-order valence-electron chi connectivity index (χ0n) is 9.57. The van der Waals surface area contributed by atoms with Crippen LogP contribution in [-0.2, 0) is 16.0 Å². The van der Waals surface area contributed by atoms with Crippen LogP contribution in [0.4, 0.5) is 0 Å². The fourth-order valence-corrected chi connectivity index (χ4v) is 1.44. The Kier molecular flexibility index (Phi) is 3.77. The Labute approximate surface area is 89.7 Å². The van der Waals surface area contributed by atoms with E-state index < -0.39 is 0 Å². The van der Waals surface area contributed by atoms with Gasteiger partial charge in [0.25, 0.3) is 0 Å². The predicted molar refractivity (Wildman–Crippen MR) is 56.3 cm³/mol. The smallest absolute Gasteiger partial charge is 0.303 e. The number of hydrogen-bond donors (Lipinski definition) is 0. The van der Waals surface area contributed by atoms with E-state index in [0.717, 1.165) is 23.5 Å². The summed E-state index contributed by atoms with van der Waals surface area (Å²) in [6.45, 7) is 7.10. The maximum atomic E-state index is 10.8. The molecule has 1 unspecified atom stereocenters. The molecule has 1 aromatic rings. The van der Waals surface area contributed by atoms with E-state index in [0.29, 0.717) is 0 Å². The van der Waals surface area contributed by atoms with Gasteiger partial charge < -0.3 is 4.74 Å². The number of rotatable bonds is 3. The van der Waals surface area contributed by atoms with Crippen molar-refractivity contribution in [2.24, 2.45) is 0 Å². The Morgan fingerprint density at radius 3 is 2.80 bits per heavy atom. The van der Waals surface area contributed by atoms with Crippen molar-refractivity contribution in [2.45, 2.75) is 40.2 Å². The molecule has 1 atom stereocenters. The Morgan fingerprint density at radius 2 is 2.27 bits per heavy atom. The van der Waals surface area contributed by atoms with Gasteiger partial charge in [-0.1, -0.05) is 6.92 Å². The molecule has 0 aliphatic heterocycles. The second-order valence-corrected chi connectivity index (χ2v) is 3.45. The van der Waals surface area contributed by atoms with Gasteiger partial charge in [0.05, 0.1) is 11.4 Å². The molecule has 1 rings (SSSR count). The number of aryl methyl sites for hydroxylation is 2. The summed E-state index contributed by atoms with van der Waals surface area (Å²) in [6.07, 6.45) is 2.15. The first-order chi connectivity index (χ1) is 7.04. The largest absolute Gasteiger partial charge is 0.456 e. The Balaban J connectivity index is 2.97. The number of esters is 1. The van der Waals surface area contributed by atoms with Crippen molar-refractivity contribution in [3.8, 4) is 0 Å². The second-order valence-electron chi connectivity index (χ2n) is 3.45.